The molecule has 0 saturated carbocycles. The van der Waals surface area contributed by atoms with Crippen LogP contribution in [0.4, 0.5) is 4.39 Å². The molecule has 0 spiro atoms. The third-order valence-electron chi connectivity index (χ3n) is 3.72. The molecule has 1 atom stereocenters. The number of halogens is 1. The second kappa shape index (κ2) is 7.35. The number of aryl methyl sites for hydroxylation is 1. The van der Waals surface area contributed by atoms with Gasteiger partial charge in [0.1, 0.15) is 0 Å². The minimum Gasteiger partial charge on any atom is -0.494 e. The summed E-state index contributed by atoms with van der Waals surface area (Å²) in [7, 11) is 1.35. The maximum Gasteiger partial charge on any atom is 0.339 e. The van der Waals surface area contributed by atoms with Gasteiger partial charge in [0.2, 0.25) is 5.89 Å². The van der Waals surface area contributed by atoms with E-state index in [-0.39, 0.29) is 17.2 Å². The molecule has 0 amide bonds. The maximum atomic E-state index is 13.7. The van der Waals surface area contributed by atoms with Crippen LogP contribution in [-0.2, 0) is 4.74 Å². The lowest BCUT2D eigenvalue weighted by Crippen LogP contribution is -2.10. The van der Waals surface area contributed by atoms with Gasteiger partial charge in [-0.15, -0.1) is 10.2 Å². The number of carbonyl (C=O) groups is 1. The predicted octanol–water partition coefficient (Wildman–Crippen LogP) is 4.11. The van der Waals surface area contributed by atoms with Crippen molar-refractivity contribution < 1.29 is 23.1 Å². The lowest BCUT2D eigenvalue weighted by molar-refractivity contribution is 0.0279. The minimum absolute atomic E-state index is 0.0503. The van der Waals surface area contributed by atoms with Crippen LogP contribution >= 0.6 is 0 Å². The summed E-state index contributed by atoms with van der Waals surface area (Å²) in [6, 6.07) is 11.4. The summed E-state index contributed by atoms with van der Waals surface area (Å²) in [5.41, 5.74) is 1.90. The van der Waals surface area contributed by atoms with Gasteiger partial charge in [0, 0.05) is 5.56 Å². The zero-order valence-corrected chi connectivity index (χ0v) is 14.5. The van der Waals surface area contributed by atoms with Gasteiger partial charge in [0.25, 0.3) is 5.89 Å². The van der Waals surface area contributed by atoms with E-state index in [0.717, 1.165) is 17.2 Å². The SMILES string of the molecule is COc1ccc(C(=O)OC(C)c2nnc(-c3cccc(C)c3)o2)cc1F. The summed E-state index contributed by atoms with van der Waals surface area (Å²) in [5, 5.41) is 7.91. The fourth-order valence-electron chi connectivity index (χ4n) is 2.37. The van der Waals surface area contributed by atoms with Gasteiger partial charge in [-0.3, -0.25) is 0 Å². The van der Waals surface area contributed by atoms with E-state index < -0.39 is 17.9 Å². The Labute approximate surface area is 149 Å². The number of aromatic nitrogens is 2. The average molecular weight is 356 g/mol. The van der Waals surface area contributed by atoms with E-state index in [1.54, 1.807) is 6.92 Å². The fraction of sp³-hybridized carbons (Fsp3) is 0.211. The molecule has 0 bridgehead atoms. The minimum atomic E-state index is -0.779. The van der Waals surface area contributed by atoms with Crippen LogP contribution in [0.2, 0.25) is 0 Å². The van der Waals surface area contributed by atoms with Gasteiger partial charge in [-0.05, 0) is 44.2 Å². The van der Waals surface area contributed by atoms with Crippen molar-refractivity contribution in [3.8, 4) is 17.2 Å². The van der Waals surface area contributed by atoms with Crippen LogP contribution in [0.15, 0.2) is 46.9 Å². The molecule has 0 aliphatic rings. The smallest absolute Gasteiger partial charge is 0.339 e. The molecule has 0 aliphatic heterocycles. The molecule has 26 heavy (non-hydrogen) atoms. The summed E-state index contributed by atoms with van der Waals surface area (Å²) in [4.78, 5) is 12.2. The van der Waals surface area contributed by atoms with Gasteiger partial charge in [-0.1, -0.05) is 17.7 Å². The Hall–Kier alpha value is -3.22. The Morgan fingerprint density at radius 1 is 1.19 bits per heavy atom. The molecule has 3 rings (SSSR count). The molecule has 6 nitrogen and oxygen atoms in total. The first-order valence-electron chi connectivity index (χ1n) is 7.93. The van der Waals surface area contributed by atoms with E-state index >= 15 is 0 Å². The third kappa shape index (κ3) is 3.72. The van der Waals surface area contributed by atoms with Crippen molar-refractivity contribution >= 4 is 5.97 Å². The number of hydrogen-bond acceptors (Lipinski definition) is 6. The number of benzene rings is 2. The van der Waals surface area contributed by atoms with E-state index in [1.165, 1.54) is 19.2 Å². The average Bonchev–Trinajstić information content (AvgIpc) is 3.12. The van der Waals surface area contributed by atoms with Gasteiger partial charge in [-0.25, -0.2) is 9.18 Å². The van der Waals surface area contributed by atoms with Gasteiger partial charge < -0.3 is 13.9 Å². The molecule has 3 aromatic rings. The Morgan fingerprint density at radius 3 is 2.69 bits per heavy atom. The summed E-state index contributed by atoms with van der Waals surface area (Å²) in [6.45, 7) is 3.56. The highest BCUT2D eigenvalue weighted by molar-refractivity contribution is 5.89. The monoisotopic (exact) mass is 356 g/mol. The van der Waals surface area contributed by atoms with E-state index in [2.05, 4.69) is 10.2 Å². The molecule has 134 valence electrons. The Bertz CT molecular complexity index is 939. The van der Waals surface area contributed by atoms with E-state index in [0.29, 0.717) is 5.89 Å². The van der Waals surface area contributed by atoms with Crippen LogP contribution in [0.25, 0.3) is 11.5 Å². The number of rotatable bonds is 5. The molecule has 1 heterocycles. The molecule has 0 aliphatic carbocycles. The standard InChI is InChI=1S/C19H17FN2O4/c1-11-5-4-6-13(9-11)18-22-21-17(26-18)12(2)25-19(23)14-7-8-16(24-3)15(20)10-14/h4-10,12H,1-3H3. The van der Waals surface area contributed by atoms with E-state index in [4.69, 9.17) is 13.9 Å². The van der Waals surface area contributed by atoms with Crippen molar-refractivity contribution in [2.45, 2.75) is 20.0 Å². The molecule has 0 radical (unpaired) electrons. The van der Waals surface area contributed by atoms with E-state index in [1.807, 2.05) is 31.2 Å². The molecule has 2 aromatic carbocycles. The largest absolute Gasteiger partial charge is 0.494 e. The van der Waals surface area contributed by atoms with Crippen LogP contribution < -0.4 is 4.74 Å². The normalized spacial score (nSPS) is 11.8. The maximum absolute atomic E-state index is 13.7. The quantitative estimate of drug-likeness (QED) is 0.641. The topological polar surface area (TPSA) is 74.5 Å². The number of esters is 1. The molecule has 0 saturated heterocycles. The molecule has 1 aromatic heterocycles. The van der Waals surface area contributed by atoms with Crippen molar-refractivity contribution in [2.24, 2.45) is 0 Å². The number of hydrogen-bond donors (Lipinski definition) is 0. The van der Waals surface area contributed by atoms with Crippen molar-refractivity contribution in [2.75, 3.05) is 7.11 Å². The first kappa shape index (κ1) is 17.6. The number of carbonyl (C=O) groups excluding carboxylic acids is 1. The first-order chi connectivity index (χ1) is 12.5. The summed E-state index contributed by atoms with van der Waals surface area (Å²) in [5.74, 6) is -0.802. The van der Waals surface area contributed by atoms with Crippen molar-refractivity contribution in [3.05, 3.63) is 65.3 Å². The molecule has 1 unspecified atom stereocenters. The molecular weight excluding hydrogens is 339 g/mol. The summed E-state index contributed by atoms with van der Waals surface area (Å²) >= 11 is 0. The zero-order chi connectivity index (χ0) is 18.7. The summed E-state index contributed by atoms with van der Waals surface area (Å²) in [6.07, 6.45) is -0.779. The molecular formula is C19H17FN2O4. The lowest BCUT2D eigenvalue weighted by Gasteiger charge is -2.10. The first-order valence-corrected chi connectivity index (χ1v) is 7.93. The predicted molar refractivity (Wildman–Crippen MR) is 91.3 cm³/mol. The highest BCUT2D eigenvalue weighted by Crippen LogP contribution is 2.24. The van der Waals surface area contributed by atoms with Crippen LogP contribution in [0, 0.1) is 12.7 Å². The van der Waals surface area contributed by atoms with Crippen molar-refractivity contribution in [3.63, 3.8) is 0 Å². The van der Waals surface area contributed by atoms with Crippen LogP contribution in [0.5, 0.6) is 5.75 Å². The van der Waals surface area contributed by atoms with Crippen LogP contribution in [0.1, 0.15) is 34.8 Å². The molecule has 0 fully saturated rings. The highest BCUT2D eigenvalue weighted by Gasteiger charge is 2.21. The molecule has 0 N–H and O–H groups in total. The van der Waals surface area contributed by atoms with Gasteiger partial charge in [0.05, 0.1) is 12.7 Å². The second-order valence-electron chi connectivity index (χ2n) is 5.71. The van der Waals surface area contributed by atoms with Crippen LogP contribution in [0.3, 0.4) is 0 Å². The number of methoxy groups -OCH3 is 1. The van der Waals surface area contributed by atoms with Gasteiger partial charge in [0.15, 0.2) is 17.7 Å². The number of ether oxygens (including phenoxy) is 2. The summed E-state index contributed by atoms with van der Waals surface area (Å²) < 4.78 is 29.4. The van der Waals surface area contributed by atoms with Crippen LogP contribution in [-0.4, -0.2) is 23.3 Å². The second-order valence-corrected chi connectivity index (χ2v) is 5.71. The van der Waals surface area contributed by atoms with Crippen molar-refractivity contribution in [1.82, 2.24) is 10.2 Å². The van der Waals surface area contributed by atoms with Crippen molar-refractivity contribution in [1.29, 1.82) is 0 Å². The Kier molecular flexibility index (Phi) is 4.97. The van der Waals surface area contributed by atoms with Gasteiger partial charge in [-0.2, -0.15) is 0 Å². The Balaban J connectivity index is 1.73. The third-order valence-corrected chi connectivity index (χ3v) is 3.72. The number of nitrogens with zero attached hydrogens (tertiary/aromatic N) is 2. The molecule has 7 heteroatoms. The van der Waals surface area contributed by atoms with Gasteiger partial charge >= 0.3 is 5.97 Å². The lowest BCUT2D eigenvalue weighted by atomic mass is 10.1. The van der Waals surface area contributed by atoms with E-state index in [9.17, 15) is 9.18 Å². The fourth-order valence-corrected chi connectivity index (χ4v) is 2.37. The Morgan fingerprint density at radius 2 is 2.00 bits per heavy atom. The zero-order valence-electron chi connectivity index (χ0n) is 14.5. The highest BCUT2D eigenvalue weighted by atomic mass is 19.1.